The summed E-state index contributed by atoms with van der Waals surface area (Å²) in [6, 6.07) is 11.5. The van der Waals surface area contributed by atoms with Gasteiger partial charge in [0, 0.05) is 30.7 Å². The Labute approximate surface area is 234 Å². The molecule has 1 aliphatic rings. The fraction of sp³-hybridized carbons (Fsp3) is 0.483. The number of rotatable bonds is 10. The first-order valence-corrected chi connectivity index (χ1v) is 13.5. The Morgan fingerprint density at radius 2 is 1.90 bits per heavy atom. The molecular formula is C29H38ClN3O6. The van der Waals surface area contributed by atoms with Crippen LogP contribution in [0.15, 0.2) is 42.5 Å². The van der Waals surface area contributed by atoms with E-state index in [-0.39, 0.29) is 68.3 Å². The molecule has 0 unspecified atom stereocenters. The molecule has 3 rings (SSSR count). The number of carbonyl (C=O) groups is 3. The van der Waals surface area contributed by atoms with Crippen molar-refractivity contribution in [2.24, 2.45) is 0 Å². The molecule has 0 spiro atoms. The third-order valence-electron chi connectivity index (χ3n) is 7.17. The van der Waals surface area contributed by atoms with Crippen LogP contribution >= 0.6 is 11.6 Å². The first kappa shape index (κ1) is 30.4. The maximum Gasteiger partial charge on any atom is 0.318 e. The second-order valence-electron chi connectivity index (χ2n) is 10.3. The average molecular weight is 560 g/mol. The molecule has 0 saturated carbocycles. The number of ketones is 1. The monoisotopic (exact) mass is 559 g/mol. The van der Waals surface area contributed by atoms with Gasteiger partial charge in [0.15, 0.2) is 5.78 Å². The molecule has 39 heavy (non-hydrogen) atoms. The summed E-state index contributed by atoms with van der Waals surface area (Å²) in [4.78, 5) is 43.2. The number of carbonyl (C=O) groups excluding carboxylic acids is 3. The van der Waals surface area contributed by atoms with Crippen molar-refractivity contribution in [3.63, 3.8) is 0 Å². The molecule has 0 radical (unpaired) electrons. The van der Waals surface area contributed by atoms with Crippen LogP contribution in [0, 0.1) is 0 Å². The van der Waals surface area contributed by atoms with Gasteiger partial charge >= 0.3 is 6.03 Å². The van der Waals surface area contributed by atoms with Crippen LogP contribution in [-0.4, -0.2) is 82.7 Å². The number of amides is 3. The van der Waals surface area contributed by atoms with Crippen LogP contribution in [0.5, 0.6) is 5.75 Å². The number of nitrogens with zero attached hydrogens (tertiary/aromatic N) is 2. The molecule has 0 aromatic heterocycles. The van der Waals surface area contributed by atoms with Gasteiger partial charge in [0.25, 0.3) is 0 Å². The fourth-order valence-corrected chi connectivity index (χ4v) is 5.45. The normalized spacial score (nSPS) is 18.8. The maximum absolute atomic E-state index is 14.1. The third-order valence-corrected chi connectivity index (χ3v) is 7.48. The molecule has 1 heterocycles. The summed E-state index contributed by atoms with van der Waals surface area (Å²) in [6.45, 7) is 7.55. The molecule has 0 aliphatic carbocycles. The molecule has 2 atom stereocenters. The summed E-state index contributed by atoms with van der Waals surface area (Å²) in [5.41, 5.74) is 1.02. The standard InChI is InChI=1S/C29H38ClN3O6/c1-19(2)32(11-12-34)26(36)17-31-28(38)33-18-21-7-5-6-8-24(21)29(4,16-20(33)3)27(37)23-10-9-22(15-25(23)30)39-14-13-35/h5-10,15,19-20,34-35H,11-14,16-18H2,1-4H3,(H,31,38)/t20-,29+/m1/s1. The number of aliphatic hydroxyl groups excluding tert-OH is 2. The lowest BCUT2D eigenvalue weighted by molar-refractivity contribution is -0.132. The van der Waals surface area contributed by atoms with E-state index >= 15 is 0 Å². The van der Waals surface area contributed by atoms with Crippen LogP contribution in [0.2, 0.25) is 5.02 Å². The number of hydrogen-bond donors (Lipinski definition) is 3. The van der Waals surface area contributed by atoms with E-state index in [2.05, 4.69) is 5.32 Å². The minimum atomic E-state index is -0.979. The highest BCUT2D eigenvalue weighted by molar-refractivity contribution is 6.34. The number of hydrogen-bond acceptors (Lipinski definition) is 6. The zero-order valence-electron chi connectivity index (χ0n) is 22.9. The van der Waals surface area contributed by atoms with Crippen molar-refractivity contribution in [3.05, 3.63) is 64.2 Å². The van der Waals surface area contributed by atoms with Crippen molar-refractivity contribution < 1.29 is 29.3 Å². The van der Waals surface area contributed by atoms with Crippen molar-refractivity contribution in [3.8, 4) is 5.75 Å². The number of halogens is 1. The Balaban J connectivity index is 1.86. The Morgan fingerprint density at radius 1 is 1.18 bits per heavy atom. The van der Waals surface area contributed by atoms with Gasteiger partial charge < -0.3 is 30.1 Å². The highest BCUT2D eigenvalue weighted by atomic mass is 35.5. The third kappa shape index (κ3) is 6.90. The second kappa shape index (κ2) is 13.3. The molecule has 0 bridgehead atoms. The van der Waals surface area contributed by atoms with Gasteiger partial charge in [-0.2, -0.15) is 0 Å². The summed E-state index contributed by atoms with van der Waals surface area (Å²) in [5.74, 6) is 0.00340. The van der Waals surface area contributed by atoms with Crippen LogP contribution < -0.4 is 10.1 Å². The first-order valence-electron chi connectivity index (χ1n) is 13.1. The van der Waals surface area contributed by atoms with E-state index in [1.165, 1.54) is 4.90 Å². The van der Waals surface area contributed by atoms with Gasteiger partial charge in [-0.1, -0.05) is 35.9 Å². The highest BCUT2D eigenvalue weighted by Crippen LogP contribution is 2.41. The Hall–Kier alpha value is -3.14. The molecule has 2 aromatic carbocycles. The highest BCUT2D eigenvalue weighted by Gasteiger charge is 2.43. The molecule has 3 amide bonds. The first-order chi connectivity index (χ1) is 18.5. The summed E-state index contributed by atoms with van der Waals surface area (Å²) in [6.07, 6.45) is 0.339. The number of aliphatic hydroxyl groups is 2. The topological polar surface area (TPSA) is 119 Å². The number of ether oxygens (including phenoxy) is 1. The number of Topliss-reactive ketones (excluding diaryl/α,β-unsaturated/α-hetero) is 1. The van der Waals surface area contributed by atoms with E-state index in [4.69, 9.17) is 21.4 Å². The van der Waals surface area contributed by atoms with Gasteiger partial charge in [-0.05, 0) is 63.4 Å². The van der Waals surface area contributed by atoms with Gasteiger partial charge in [0.1, 0.15) is 12.4 Å². The van der Waals surface area contributed by atoms with E-state index in [1.54, 1.807) is 23.1 Å². The van der Waals surface area contributed by atoms with Crippen LogP contribution in [-0.2, 0) is 16.8 Å². The van der Waals surface area contributed by atoms with Crippen molar-refractivity contribution in [2.75, 3.05) is 32.9 Å². The van der Waals surface area contributed by atoms with E-state index in [0.717, 1.165) is 11.1 Å². The van der Waals surface area contributed by atoms with Crippen LogP contribution in [0.25, 0.3) is 0 Å². The predicted molar refractivity (Wildman–Crippen MR) is 149 cm³/mol. The van der Waals surface area contributed by atoms with Crippen molar-refractivity contribution in [1.29, 1.82) is 0 Å². The SMILES string of the molecule is CC(C)N(CCO)C(=O)CNC(=O)N1Cc2ccccc2[C@@](C)(C(=O)c2ccc(OCCO)cc2Cl)C[C@H]1C. The van der Waals surface area contributed by atoms with E-state index in [0.29, 0.717) is 17.7 Å². The number of urea groups is 1. The van der Waals surface area contributed by atoms with Gasteiger partial charge in [0.2, 0.25) is 5.91 Å². The molecule has 212 valence electrons. The Kier molecular flexibility index (Phi) is 10.4. The second-order valence-corrected chi connectivity index (χ2v) is 10.7. The number of fused-ring (bicyclic) bond motifs is 1. The quantitative estimate of drug-likeness (QED) is 0.384. The van der Waals surface area contributed by atoms with Gasteiger partial charge in [-0.15, -0.1) is 0 Å². The maximum atomic E-state index is 14.1. The van der Waals surface area contributed by atoms with E-state index < -0.39 is 11.4 Å². The van der Waals surface area contributed by atoms with E-state index in [9.17, 15) is 19.5 Å². The minimum Gasteiger partial charge on any atom is -0.491 e. The molecule has 1 aliphatic heterocycles. The molecule has 9 nitrogen and oxygen atoms in total. The number of nitrogens with one attached hydrogen (secondary N) is 1. The lowest BCUT2D eigenvalue weighted by atomic mass is 9.71. The van der Waals surface area contributed by atoms with Crippen LogP contribution in [0.4, 0.5) is 4.79 Å². The van der Waals surface area contributed by atoms with Crippen LogP contribution in [0.1, 0.15) is 55.6 Å². The minimum absolute atomic E-state index is 0.112. The van der Waals surface area contributed by atoms with Crippen molar-refractivity contribution in [1.82, 2.24) is 15.1 Å². The Bertz CT molecular complexity index is 1190. The molecular weight excluding hydrogens is 522 g/mol. The smallest absolute Gasteiger partial charge is 0.318 e. The molecule has 3 N–H and O–H groups in total. The summed E-state index contributed by atoms with van der Waals surface area (Å²) < 4.78 is 5.42. The molecule has 10 heteroatoms. The van der Waals surface area contributed by atoms with Gasteiger partial charge in [-0.3, -0.25) is 9.59 Å². The summed E-state index contributed by atoms with van der Waals surface area (Å²) in [7, 11) is 0. The zero-order valence-corrected chi connectivity index (χ0v) is 23.7. The van der Waals surface area contributed by atoms with Crippen molar-refractivity contribution in [2.45, 2.75) is 58.2 Å². The summed E-state index contributed by atoms with van der Waals surface area (Å²) in [5, 5.41) is 21.3. The number of benzene rings is 2. The zero-order chi connectivity index (χ0) is 28.7. The molecule has 0 saturated heterocycles. The van der Waals surface area contributed by atoms with Gasteiger partial charge in [-0.25, -0.2) is 4.79 Å². The van der Waals surface area contributed by atoms with Gasteiger partial charge in [0.05, 0.1) is 30.2 Å². The molecule has 0 fully saturated rings. The molecule has 2 aromatic rings. The predicted octanol–water partition coefficient (Wildman–Crippen LogP) is 3.38. The largest absolute Gasteiger partial charge is 0.491 e. The van der Waals surface area contributed by atoms with Crippen LogP contribution in [0.3, 0.4) is 0 Å². The lowest BCUT2D eigenvalue weighted by Crippen LogP contribution is -2.50. The fourth-order valence-electron chi connectivity index (χ4n) is 5.20. The summed E-state index contributed by atoms with van der Waals surface area (Å²) >= 11 is 6.52. The van der Waals surface area contributed by atoms with Crippen molar-refractivity contribution >= 4 is 29.3 Å². The van der Waals surface area contributed by atoms with E-state index in [1.807, 2.05) is 52.0 Å². The Morgan fingerprint density at radius 3 is 2.54 bits per heavy atom. The lowest BCUT2D eigenvalue weighted by Gasteiger charge is -2.33. The average Bonchev–Trinajstić information content (AvgIpc) is 3.02.